The van der Waals surface area contributed by atoms with E-state index in [1.807, 2.05) is 29.9 Å². The first-order chi connectivity index (χ1) is 8.75. The van der Waals surface area contributed by atoms with Crippen molar-refractivity contribution in [3.05, 3.63) is 24.0 Å². The molecule has 4 nitrogen and oxygen atoms in total. The zero-order valence-corrected chi connectivity index (χ0v) is 10.8. The lowest BCUT2D eigenvalue weighted by atomic mass is 10.1. The highest BCUT2D eigenvalue weighted by Crippen LogP contribution is 2.30. The molecule has 0 bridgehead atoms. The summed E-state index contributed by atoms with van der Waals surface area (Å²) in [6.07, 6.45) is 5.33. The van der Waals surface area contributed by atoms with Crippen LogP contribution in [0.1, 0.15) is 29.8 Å². The Bertz CT molecular complexity index is 431. The van der Waals surface area contributed by atoms with Crippen LogP contribution in [0.15, 0.2) is 18.3 Å². The Morgan fingerprint density at radius 3 is 2.89 bits per heavy atom. The molecule has 2 fully saturated rings. The molecule has 1 aliphatic heterocycles. The van der Waals surface area contributed by atoms with Gasteiger partial charge in [0.1, 0.15) is 5.69 Å². The smallest absolute Gasteiger partial charge is 0.270 e. The van der Waals surface area contributed by atoms with Gasteiger partial charge < -0.3 is 14.2 Å². The first kappa shape index (κ1) is 11.8. The number of aryl methyl sites for hydroxylation is 1. The second-order valence-corrected chi connectivity index (χ2v) is 5.42. The number of hydrogen-bond donors (Lipinski definition) is 0. The van der Waals surface area contributed by atoms with Gasteiger partial charge in [0.15, 0.2) is 0 Å². The highest BCUT2D eigenvalue weighted by atomic mass is 16.5. The summed E-state index contributed by atoms with van der Waals surface area (Å²) in [7, 11) is 1.93. The van der Waals surface area contributed by atoms with E-state index in [-0.39, 0.29) is 5.91 Å². The number of hydrogen-bond acceptors (Lipinski definition) is 2. The summed E-state index contributed by atoms with van der Waals surface area (Å²) in [5, 5.41) is 0. The lowest BCUT2D eigenvalue weighted by Crippen LogP contribution is -2.38. The van der Waals surface area contributed by atoms with E-state index in [9.17, 15) is 4.79 Å². The molecule has 1 unspecified atom stereocenters. The molecule has 0 N–H and O–H groups in total. The zero-order chi connectivity index (χ0) is 12.5. The van der Waals surface area contributed by atoms with Crippen molar-refractivity contribution >= 4 is 5.91 Å². The van der Waals surface area contributed by atoms with Crippen molar-refractivity contribution in [2.75, 3.05) is 19.8 Å². The van der Waals surface area contributed by atoms with Crippen molar-refractivity contribution < 1.29 is 9.53 Å². The van der Waals surface area contributed by atoms with E-state index < -0.39 is 0 Å². The normalized spacial score (nSPS) is 23.3. The fourth-order valence-corrected chi connectivity index (χ4v) is 2.62. The average Bonchev–Trinajstić information content (AvgIpc) is 2.89. The molecule has 3 rings (SSSR count). The molecule has 18 heavy (non-hydrogen) atoms. The third-order valence-electron chi connectivity index (χ3n) is 3.89. The van der Waals surface area contributed by atoms with Crippen LogP contribution in [-0.2, 0) is 11.8 Å². The van der Waals surface area contributed by atoms with Gasteiger partial charge in [0.05, 0.1) is 6.61 Å². The molecule has 4 heteroatoms. The van der Waals surface area contributed by atoms with E-state index >= 15 is 0 Å². The SMILES string of the molecule is Cn1cccc1C(=O)N(CC1CCOC1)C1CC1. The second kappa shape index (κ2) is 4.76. The number of nitrogens with zero attached hydrogens (tertiary/aromatic N) is 2. The molecule has 1 aromatic rings. The Morgan fingerprint density at radius 2 is 2.33 bits per heavy atom. The maximum Gasteiger partial charge on any atom is 0.270 e. The summed E-state index contributed by atoms with van der Waals surface area (Å²) < 4.78 is 7.31. The first-order valence-electron chi connectivity index (χ1n) is 6.76. The van der Waals surface area contributed by atoms with E-state index in [2.05, 4.69) is 4.90 Å². The Balaban J connectivity index is 1.73. The summed E-state index contributed by atoms with van der Waals surface area (Å²) in [6.45, 7) is 2.51. The predicted octanol–water partition coefficient (Wildman–Crippen LogP) is 1.67. The molecule has 2 heterocycles. The highest BCUT2D eigenvalue weighted by molar-refractivity contribution is 5.93. The van der Waals surface area contributed by atoms with Crippen LogP contribution in [0, 0.1) is 5.92 Å². The topological polar surface area (TPSA) is 34.5 Å². The largest absolute Gasteiger partial charge is 0.381 e. The number of carbonyl (C=O) groups is 1. The average molecular weight is 248 g/mol. The van der Waals surface area contributed by atoms with Crippen LogP contribution in [0.2, 0.25) is 0 Å². The van der Waals surface area contributed by atoms with Crippen molar-refractivity contribution in [3.8, 4) is 0 Å². The zero-order valence-electron chi connectivity index (χ0n) is 10.8. The standard InChI is InChI=1S/C14H20N2O2/c1-15-7-2-3-13(15)14(17)16(12-4-5-12)9-11-6-8-18-10-11/h2-3,7,11-12H,4-6,8-10H2,1H3. The lowest BCUT2D eigenvalue weighted by molar-refractivity contribution is 0.0696. The summed E-state index contributed by atoms with van der Waals surface area (Å²) in [5.41, 5.74) is 0.792. The van der Waals surface area contributed by atoms with Gasteiger partial charge in [-0.3, -0.25) is 4.79 Å². The molecule has 1 saturated heterocycles. The first-order valence-corrected chi connectivity index (χ1v) is 6.76. The Morgan fingerprint density at radius 1 is 1.50 bits per heavy atom. The van der Waals surface area contributed by atoms with Crippen LogP contribution in [0.4, 0.5) is 0 Å². The summed E-state index contributed by atoms with van der Waals surface area (Å²) in [4.78, 5) is 14.6. The van der Waals surface area contributed by atoms with E-state index in [0.717, 1.165) is 44.7 Å². The molecule has 1 amide bonds. The molecular formula is C14H20N2O2. The third kappa shape index (κ3) is 2.29. The summed E-state index contributed by atoms with van der Waals surface area (Å²) >= 11 is 0. The molecule has 1 saturated carbocycles. The molecule has 2 aliphatic rings. The molecule has 0 spiro atoms. The van der Waals surface area contributed by atoms with Crippen LogP contribution < -0.4 is 0 Å². The molecule has 0 radical (unpaired) electrons. The van der Waals surface area contributed by atoms with Crippen molar-refractivity contribution in [2.24, 2.45) is 13.0 Å². The minimum Gasteiger partial charge on any atom is -0.381 e. The monoisotopic (exact) mass is 248 g/mol. The second-order valence-electron chi connectivity index (χ2n) is 5.42. The Labute approximate surface area is 108 Å². The summed E-state index contributed by atoms with van der Waals surface area (Å²) in [6, 6.07) is 4.30. The van der Waals surface area contributed by atoms with Crippen molar-refractivity contribution in [1.82, 2.24) is 9.47 Å². The molecule has 1 aromatic heterocycles. The van der Waals surface area contributed by atoms with Gasteiger partial charge in [0.2, 0.25) is 0 Å². The van der Waals surface area contributed by atoms with E-state index in [1.165, 1.54) is 0 Å². The van der Waals surface area contributed by atoms with Crippen LogP contribution >= 0.6 is 0 Å². The van der Waals surface area contributed by atoms with Gasteiger partial charge in [-0.2, -0.15) is 0 Å². The maximum absolute atomic E-state index is 12.6. The van der Waals surface area contributed by atoms with Crippen molar-refractivity contribution in [1.29, 1.82) is 0 Å². The predicted molar refractivity (Wildman–Crippen MR) is 68.4 cm³/mol. The Hall–Kier alpha value is -1.29. The number of aromatic nitrogens is 1. The van der Waals surface area contributed by atoms with E-state index in [0.29, 0.717) is 12.0 Å². The molecule has 1 atom stereocenters. The minimum absolute atomic E-state index is 0.178. The molecule has 1 aliphatic carbocycles. The van der Waals surface area contributed by atoms with Crippen LogP contribution in [0.5, 0.6) is 0 Å². The number of rotatable bonds is 4. The number of carbonyl (C=O) groups excluding carboxylic acids is 1. The minimum atomic E-state index is 0.178. The highest BCUT2D eigenvalue weighted by Gasteiger charge is 2.35. The van der Waals surface area contributed by atoms with Gasteiger partial charge in [0.25, 0.3) is 5.91 Å². The Kier molecular flexibility index (Phi) is 3.12. The van der Waals surface area contributed by atoms with Gasteiger partial charge in [-0.15, -0.1) is 0 Å². The van der Waals surface area contributed by atoms with E-state index in [4.69, 9.17) is 4.74 Å². The van der Waals surface area contributed by atoms with Gasteiger partial charge >= 0.3 is 0 Å². The van der Waals surface area contributed by atoms with Gasteiger partial charge in [-0.25, -0.2) is 0 Å². The van der Waals surface area contributed by atoms with Crippen molar-refractivity contribution in [3.63, 3.8) is 0 Å². The van der Waals surface area contributed by atoms with Gasteiger partial charge in [-0.1, -0.05) is 0 Å². The molecule has 0 aromatic carbocycles. The maximum atomic E-state index is 12.6. The fraction of sp³-hybridized carbons (Fsp3) is 0.643. The quantitative estimate of drug-likeness (QED) is 0.812. The van der Waals surface area contributed by atoms with Crippen molar-refractivity contribution in [2.45, 2.75) is 25.3 Å². The van der Waals surface area contributed by atoms with Crippen LogP contribution in [0.25, 0.3) is 0 Å². The number of amides is 1. The van der Waals surface area contributed by atoms with Gasteiger partial charge in [0, 0.05) is 38.4 Å². The fourth-order valence-electron chi connectivity index (χ4n) is 2.62. The molecule has 98 valence electrons. The summed E-state index contributed by atoms with van der Waals surface area (Å²) in [5.74, 6) is 0.701. The van der Waals surface area contributed by atoms with E-state index in [1.54, 1.807) is 0 Å². The van der Waals surface area contributed by atoms with Crippen LogP contribution in [0.3, 0.4) is 0 Å². The van der Waals surface area contributed by atoms with Crippen LogP contribution in [-0.4, -0.2) is 41.2 Å². The van der Waals surface area contributed by atoms with Gasteiger partial charge in [-0.05, 0) is 31.4 Å². The third-order valence-corrected chi connectivity index (χ3v) is 3.89. The number of ether oxygens (including phenoxy) is 1. The molecular weight excluding hydrogens is 228 g/mol. The lowest BCUT2D eigenvalue weighted by Gasteiger charge is -2.25.